The summed E-state index contributed by atoms with van der Waals surface area (Å²) in [7, 11) is 0. The number of aromatic nitrogens is 1. The van der Waals surface area contributed by atoms with Gasteiger partial charge in [-0.15, -0.1) is 0 Å². The van der Waals surface area contributed by atoms with E-state index in [1.54, 1.807) is 0 Å². The van der Waals surface area contributed by atoms with Crippen molar-refractivity contribution in [3.05, 3.63) is 33.7 Å². The van der Waals surface area contributed by atoms with E-state index in [1.807, 2.05) is 17.9 Å². The predicted octanol–water partition coefficient (Wildman–Crippen LogP) is 1.88. The van der Waals surface area contributed by atoms with Crippen molar-refractivity contribution in [2.45, 2.75) is 45.1 Å². The number of aromatic amines is 1. The molecular formula is C19H27N3O2. The first-order valence-electron chi connectivity index (χ1n) is 9.39. The molecule has 2 bridgehead atoms. The zero-order valence-corrected chi connectivity index (χ0v) is 14.5. The summed E-state index contributed by atoms with van der Waals surface area (Å²) in [5.74, 6) is 1.51. The third kappa shape index (κ3) is 3.27. The molecule has 1 aromatic rings. The van der Waals surface area contributed by atoms with Crippen LogP contribution in [-0.4, -0.2) is 52.9 Å². The van der Waals surface area contributed by atoms with Crippen LogP contribution in [0.3, 0.4) is 0 Å². The fraction of sp³-hybridized carbons (Fsp3) is 0.684. The van der Waals surface area contributed by atoms with Gasteiger partial charge in [-0.1, -0.05) is 6.92 Å². The van der Waals surface area contributed by atoms with Gasteiger partial charge in [-0.05, 0) is 50.0 Å². The minimum atomic E-state index is -0.175. The molecule has 4 aliphatic rings. The van der Waals surface area contributed by atoms with E-state index in [0.717, 1.165) is 37.7 Å². The van der Waals surface area contributed by atoms with Crippen LogP contribution in [0.2, 0.25) is 0 Å². The summed E-state index contributed by atoms with van der Waals surface area (Å²) in [4.78, 5) is 32.2. The molecular weight excluding hydrogens is 302 g/mol. The standard InChI is InChI=1S/C19H27N3O2/c1-2-16-7-15(8-18(23)20-16)19(24)22-11-14-5-6-17(12-22)21(10-14)9-13-3-4-13/h7-8,13-14,17H,2-6,9-12H2,1H3,(H,20,23)/t14-,17-/m0/s1. The lowest BCUT2D eigenvalue weighted by atomic mass is 9.95. The smallest absolute Gasteiger partial charge is 0.254 e. The average Bonchev–Trinajstić information content (AvgIpc) is 3.41. The molecule has 0 unspecified atom stereocenters. The lowest BCUT2D eigenvalue weighted by Gasteiger charge is -2.36. The van der Waals surface area contributed by atoms with E-state index in [1.165, 1.54) is 38.3 Å². The Kier molecular flexibility index (Phi) is 4.21. The summed E-state index contributed by atoms with van der Waals surface area (Å²) >= 11 is 0. The number of hydrogen-bond acceptors (Lipinski definition) is 3. The van der Waals surface area contributed by atoms with Crippen molar-refractivity contribution in [2.24, 2.45) is 11.8 Å². The largest absolute Gasteiger partial charge is 0.337 e. The Hall–Kier alpha value is -1.62. The normalized spacial score (nSPS) is 27.3. The van der Waals surface area contributed by atoms with Crippen molar-refractivity contribution >= 4 is 5.91 Å². The first-order valence-corrected chi connectivity index (χ1v) is 9.39. The van der Waals surface area contributed by atoms with E-state index in [4.69, 9.17) is 0 Å². The Morgan fingerprint density at radius 1 is 1.17 bits per heavy atom. The maximum atomic E-state index is 13.0. The predicted molar refractivity (Wildman–Crippen MR) is 93.2 cm³/mol. The molecule has 3 saturated heterocycles. The number of piperidine rings is 1. The number of hydrogen-bond donors (Lipinski definition) is 1. The van der Waals surface area contributed by atoms with Crippen LogP contribution in [0, 0.1) is 11.8 Å². The molecule has 3 aliphatic heterocycles. The molecule has 0 radical (unpaired) electrons. The highest BCUT2D eigenvalue weighted by Crippen LogP contribution is 2.35. The molecule has 4 fully saturated rings. The molecule has 24 heavy (non-hydrogen) atoms. The molecule has 1 saturated carbocycles. The molecule has 0 spiro atoms. The third-order valence-electron chi connectivity index (χ3n) is 5.83. The number of pyridine rings is 1. The second kappa shape index (κ2) is 6.36. The lowest BCUT2D eigenvalue weighted by Crippen LogP contribution is -2.45. The van der Waals surface area contributed by atoms with Gasteiger partial charge in [0.05, 0.1) is 0 Å². The Bertz CT molecular complexity index is 679. The molecule has 2 atom stereocenters. The van der Waals surface area contributed by atoms with Gasteiger partial charge in [0.2, 0.25) is 5.56 Å². The molecule has 5 nitrogen and oxygen atoms in total. The fourth-order valence-electron chi connectivity index (χ4n) is 4.30. The van der Waals surface area contributed by atoms with Crippen LogP contribution in [0.4, 0.5) is 0 Å². The summed E-state index contributed by atoms with van der Waals surface area (Å²) in [6.07, 6.45) is 5.92. The minimum Gasteiger partial charge on any atom is -0.337 e. The van der Waals surface area contributed by atoms with E-state index in [0.29, 0.717) is 17.5 Å². The summed E-state index contributed by atoms with van der Waals surface area (Å²) < 4.78 is 0. The number of H-pyrrole nitrogens is 1. The molecule has 1 aliphatic carbocycles. The Labute approximate surface area is 143 Å². The van der Waals surface area contributed by atoms with Crippen molar-refractivity contribution in [1.82, 2.24) is 14.8 Å². The summed E-state index contributed by atoms with van der Waals surface area (Å²) in [6.45, 7) is 6.00. The molecule has 0 aromatic carbocycles. The van der Waals surface area contributed by atoms with Gasteiger partial charge in [-0.2, -0.15) is 0 Å². The molecule has 5 rings (SSSR count). The molecule has 5 heteroatoms. The van der Waals surface area contributed by atoms with E-state index in [9.17, 15) is 9.59 Å². The van der Waals surface area contributed by atoms with Gasteiger partial charge in [0.1, 0.15) is 0 Å². The summed E-state index contributed by atoms with van der Waals surface area (Å²) in [5.41, 5.74) is 1.20. The van der Waals surface area contributed by atoms with Crippen LogP contribution in [0.15, 0.2) is 16.9 Å². The van der Waals surface area contributed by atoms with Crippen molar-refractivity contribution in [1.29, 1.82) is 0 Å². The van der Waals surface area contributed by atoms with Crippen LogP contribution in [-0.2, 0) is 6.42 Å². The van der Waals surface area contributed by atoms with Gasteiger partial charge in [-0.3, -0.25) is 14.5 Å². The van der Waals surface area contributed by atoms with Crippen molar-refractivity contribution < 1.29 is 4.79 Å². The Balaban J connectivity index is 1.52. The zero-order valence-electron chi connectivity index (χ0n) is 14.5. The van der Waals surface area contributed by atoms with Gasteiger partial charge in [0.25, 0.3) is 5.91 Å². The van der Waals surface area contributed by atoms with Crippen molar-refractivity contribution in [3.8, 4) is 0 Å². The van der Waals surface area contributed by atoms with Crippen molar-refractivity contribution in [2.75, 3.05) is 26.2 Å². The first-order chi connectivity index (χ1) is 11.6. The quantitative estimate of drug-likeness (QED) is 0.918. The maximum absolute atomic E-state index is 13.0. The number of nitrogens with one attached hydrogen (secondary N) is 1. The number of fused-ring (bicyclic) bond motifs is 4. The number of nitrogens with zero attached hydrogens (tertiary/aromatic N) is 2. The van der Waals surface area contributed by atoms with E-state index in [2.05, 4.69) is 9.88 Å². The van der Waals surface area contributed by atoms with E-state index >= 15 is 0 Å². The summed E-state index contributed by atoms with van der Waals surface area (Å²) in [6, 6.07) is 3.80. The van der Waals surface area contributed by atoms with E-state index in [-0.39, 0.29) is 11.5 Å². The lowest BCUT2D eigenvalue weighted by molar-refractivity contribution is 0.0736. The molecule has 130 valence electrons. The molecule has 1 aromatic heterocycles. The van der Waals surface area contributed by atoms with Gasteiger partial charge in [-0.25, -0.2) is 0 Å². The van der Waals surface area contributed by atoms with Crippen LogP contribution in [0.25, 0.3) is 0 Å². The second-order valence-electron chi connectivity index (χ2n) is 7.82. The molecule has 1 amide bonds. The number of rotatable bonds is 4. The highest BCUT2D eigenvalue weighted by atomic mass is 16.2. The van der Waals surface area contributed by atoms with Crippen molar-refractivity contribution in [3.63, 3.8) is 0 Å². The molecule has 1 N–H and O–H groups in total. The Morgan fingerprint density at radius 3 is 2.75 bits per heavy atom. The second-order valence-corrected chi connectivity index (χ2v) is 7.82. The first kappa shape index (κ1) is 15.9. The number of carbonyl (C=O) groups is 1. The summed E-state index contributed by atoms with van der Waals surface area (Å²) in [5, 5.41) is 0. The SMILES string of the molecule is CCc1cc(C(=O)N2C[C@H]3CC[C@@H](C2)N(CC2CC2)C3)cc(=O)[nH]1. The highest BCUT2D eigenvalue weighted by Gasteiger charge is 2.38. The Morgan fingerprint density at radius 2 is 2.00 bits per heavy atom. The minimum absolute atomic E-state index is 0.0287. The van der Waals surface area contributed by atoms with Crippen LogP contribution in [0.5, 0.6) is 0 Å². The monoisotopic (exact) mass is 329 g/mol. The molecule has 4 heterocycles. The van der Waals surface area contributed by atoms with Gasteiger partial charge < -0.3 is 9.88 Å². The topological polar surface area (TPSA) is 56.4 Å². The number of amides is 1. The van der Waals surface area contributed by atoms with Gasteiger partial charge in [0.15, 0.2) is 0 Å². The van der Waals surface area contributed by atoms with Gasteiger partial charge in [0, 0.05) is 49.5 Å². The maximum Gasteiger partial charge on any atom is 0.254 e. The van der Waals surface area contributed by atoms with E-state index < -0.39 is 0 Å². The van der Waals surface area contributed by atoms with Crippen LogP contribution in [0.1, 0.15) is 48.7 Å². The number of carbonyl (C=O) groups excluding carboxylic acids is 1. The van der Waals surface area contributed by atoms with Crippen LogP contribution >= 0.6 is 0 Å². The fourth-order valence-corrected chi connectivity index (χ4v) is 4.30. The van der Waals surface area contributed by atoms with Gasteiger partial charge >= 0.3 is 0 Å². The van der Waals surface area contributed by atoms with Crippen LogP contribution < -0.4 is 5.56 Å². The third-order valence-corrected chi connectivity index (χ3v) is 5.83. The highest BCUT2D eigenvalue weighted by molar-refractivity contribution is 5.94. The average molecular weight is 329 g/mol. The zero-order chi connectivity index (χ0) is 16.7. The number of aryl methyl sites for hydroxylation is 1.